The molecule has 0 amide bonds. The van der Waals surface area contributed by atoms with E-state index in [2.05, 4.69) is 107 Å². The number of rotatable bonds is 10. The highest BCUT2D eigenvalue weighted by atomic mass is 15.3. The van der Waals surface area contributed by atoms with Crippen LogP contribution in [0.5, 0.6) is 0 Å². The molecule has 2 rings (SSSR count). The van der Waals surface area contributed by atoms with Crippen LogP contribution in [0.3, 0.4) is 0 Å². The number of aliphatic imine (C=N–C) groups is 1. The second-order valence-corrected chi connectivity index (χ2v) is 8.53. The van der Waals surface area contributed by atoms with Crippen LogP contribution in [0, 0.1) is 13.8 Å². The van der Waals surface area contributed by atoms with E-state index in [4.69, 9.17) is 4.99 Å². The van der Waals surface area contributed by atoms with E-state index in [0.29, 0.717) is 0 Å². The lowest BCUT2D eigenvalue weighted by atomic mass is 9.98. The van der Waals surface area contributed by atoms with Gasteiger partial charge >= 0.3 is 0 Å². The molecule has 0 heterocycles. The number of aryl methyl sites for hydroxylation is 2. The number of likely N-dealkylation sites (N-methyl/N-ethyl adjacent to an activating group) is 1. The van der Waals surface area contributed by atoms with Crippen molar-refractivity contribution in [2.75, 3.05) is 11.9 Å². The lowest BCUT2D eigenvalue weighted by Gasteiger charge is -2.39. The SMILES string of the molecule is C=C(C)/C(C)=C(\N=CC)N(C)C(CC)C(=C)N(C(=C)c1c(C)cccc1C)c1ccccc1. The number of para-hydroxylation sites is 1. The van der Waals surface area contributed by atoms with Gasteiger partial charge in [0.05, 0.1) is 6.04 Å². The number of anilines is 1. The van der Waals surface area contributed by atoms with Crippen LogP contribution in [-0.4, -0.2) is 24.2 Å². The summed E-state index contributed by atoms with van der Waals surface area (Å²) in [6.07, 6.45) is 2.70. The summed E-state index contributed by atoms with van der Waals surface area (Å²) in [5.41, 5.74) is 8.55. The molecule has 1 atom stereocenters. The van der Waals surface area contributed by atoms with Crippen molar-refractivity contribution in [2.24, 2.45) is 4.99 Å². The number of hydrogen-bond acceptors (Lipinski definition) is 3. The average Bonchev–Trinajstić information content (AvgIpc) is 2.78. The van der Waals surface area contributed by atoms with Crippen LogP contribution < -0.4 is 4.90 Å². The predicted octanol–water partition coefficient (Wildman–Crippen LogP) is 7.90. The van der Waals surface area contributed by atoms with Gasteiger partial charge in [-0.05, 0) is 69.9 Å². The molecule has 0 radical (unpaired) electrons. The fourth-order valence-corrected chi connectivity index (χ4v) is 4.25. The molecule has 0 aromatic heterocycles. The highest BCUT2D eigenvalue weighted by Crippen LogP contribution is 2.35. The van der Waals surface area contributed by atoms with Gasteiger partial charge in [-0.25, -0.2) is 4.99 Å². The second kappa shape index (κ2) is 11.5. The molecule has 0 aliphatic heterocycles. The summed E-state index contributed by atoms with van der Waals surface area (Å²) < 4.78 is 0. The van der Waals surface area contributed by atoms with Gasteiger partial charge in [0.2, 0.25) is 0 Å². The Morgan fingerprint density at radius 1 is 0.970 bits per heavy atom. The Hall–Kier alpha value is -3.33. The maximum absolute atomic E-state index is 4.70. The summed E-state index contributed by atoms with van der Waals surface area (Å²) >= 11 is 0. The molecule has 0 saturated carbocycles. The third-order valence-electron chi connectivity index (χ3n) is 6.14. The Kier molecular flexibility index (Phi) is 9.04. The minimum Gasteiger partial charge on any atom is -0.351 e. The zero-order valence-corrected chi connectivity index (χ0v) is 21.4. The largest absolute Gasteiger partial charge is 0.351 e. The maximum atomic E-state index is 4.70. The van der Waals surface area contributed by atoms with E-state index >= 15 is 0 Å². The third-order valence-corrected chi connectivity index (χ3v) is 6.14. The number of nitrogens with zero attached hydrogens (tertiary/aromatic N) is 3. The molecule has 0 bridgehead atoms. The standard InChI is InChI=1S/C30H39N3/c1-11-28(32(10)30(31-12-2)24(7)21(3)4)25(8)33(27-19-14-13-15-20-27)26(9)29-22(5)17-16-18-23(29)6/h12-20,28H,3,8-9,11H2,1-2,4-7,10H3/b30-24+,31-12?. The minimum absolute atomic E-state index is 0.0132. The number of hydrogen-bond donors (Lipinski definition) is 0. The van der Waals surface area contributed by atoms with Crippen molar-refractivity contribution < 1.29 is 0 Å². The Bertz CT molecular complexity index is 1050. The Morgan fingerprint density at radius 2 is 1.55 bits per heavy atom. The smallest absolute Gasteiger partial charge is 0.131 e. The molecule has 2 aromatic carbocycles. The fourth-order valence-electron chi connectivity index (χ4n) is 4.25. The average molecular weight is 442 g/mol. The summed E-state index contributed by atoms with van der Waals surface area (Å²) in [6.45, 7) is 25.8. The van der Waals surface area contributed by atoms with Gasteiger partial charge in [0.1, 0.15) is 5.82 Å². The molecular weight excluding hydrogens is 402 g/mol. The monoisotopic (exact) mass is 441 g/mol. The first-order valence-electron chi connectivity index (χ1n) is 11.5. The number of benzene rings is 2. The summed E-state index contributed by atoms with van der Waals surface area (Å²) in [4.78, 5) is 9.10. The first kappa shape index (κ1) is 25.9. The highest BCUT2D eigenvalue weighted by Gasteiger charge is 2.27. The minimum atomic E-state index is 0.0132. The van der Waals surface area contributed by atoms with E-state index in [1.54, 1.807) is 0 Å². The van der Waals surface area contributed by atoms with Crippen molar-refractivity contribution in [3.05, 3.63) is 108 Å². The van der Waals surface area contributed by atoms with E-state index in [0.717, 1.165) is 46.0 Å². The molecule has 0 fully saturated rings. The van der Waals surface area contributed by atoms with Crippen molar-refractivity contribution in [1.29, 1.82) is 0 Å². The topological polar surface area (TPSA) is 18.8 Å². The summed E-state index contributed by atoms with van der Waals surface area (Å²) in [5, 5.41) is 0. The van der Waals surface area contributed by atoms with E-state index < -0.39 is 0 Å². The van der Waals surface area contributed by atoms with E-state index in [1.807, 2.05) is 26.1 Å². The van der Waals surface area contributed by atoms with Crippen molar-refractivity contribution >= 4 is 17.6 Å². The highest BCUT2D eigenvalue weighted by molar-refractivity contribution is 5.84. The zero-order chi connectivity index (χ0) is 24.7. The normalized spacial score (nSPS) is 12.8. The molecule has 0 aliphatic rings. The molecule has 33 heavy (non-hydrogen) atoms. The molecule has 1 unspecified atom stereocenters. The van der Waals surface area contributed by atoms with Crippen molar-refractivity contribution in [3.8, 4) is 0 Å². The van der Waals surface area contributed by atoms with Gasteiger partial charge in [-0.2, -0.15) is 0 Å². The quantitative estimate of drug-likeness (QED) is 0.275. The first-order chi connectivity index (χ1) is 15.6. The molecule has 0 N–H and O–H groups in total. The second-order valence-electron chi connectivity index (χ2n) is 8.53. The van der Waals surface area contributed by atoms with E-state index in [-0.39, 0.29) is 6.04 Å². The van der Waals surface area contributed by atoms with Crippen LogP contribution in [0.25, 0.3) is 5.70 Å². The number of allylic oxidation sites excluding steroid dienone is 2. The van der Waals surface area contributed by atoms with Gasteiger partial charge in [-0.15, -0.1) is 0 Å². The summed E-state index contributed by atoms with van der Waals surface area (Å²) in [5.74, 6) is 0.906. The van der Waals surface area contributed by atoms with Crippen LogP contribution in [0.4, 0.5) is 5.69 Å². The van der Waals surface area contributed by atoms with Crippen molar-refractivity contribution in [3.63, 3.8) is 0 Å². The molecule has 174 valence electrons. The Labute approximate surface area is 201 Å². The fraction of sp³-hybridized carbons (Fsp3) is 0.300. The molecule has 0 spiro atoms. The van der Waals surface area contributed by atoms with E-state index in [9.17, 15) is 0 Å². The van der Waals surface area contributed by atoms with Crippen molar-refractivity contribution in [1.82, 2.24) is 4.90 Å². The molecular formula is C30H39N3. The van der Waals surface area contributed by atoms with Crippen molar-refractivity contribution in [2.45, 2.75) is 54.0 Å². The van der Waals surface area contributed by atoms with Gasteiger partial charge in [0.25, 0.3) is 0 Å². The Balaban J connectivity index is 2.63. The molecule has 3 nitrogen and oxygen atoms in total. The molecule has 0 saturated heterocycles. The summed E-state index contributed by atoms with van der Waals surface area (Å²) in [6, 6.07) is 16.7. The first-order valence-corrected chi connectivity index (χ1v) is 11.5. The maximum Gasteiger partial charge on any atom is 0.131 e. The zero-order valence-electron chi connectivity index (χ0n) is 21.4. The van der Waals surface area contributed by atoms with E-state index in [1.165, 1.54) is 11.1 Å². The third kappa shape index (κ3) is 5.73. The van der Waals surface area contributed by atoms with Gasteiger partial charge in [-0.3, -0.25) is 0 Å². The van der Waals surface area contributed by atoms with Gasteiger partial charge in [0.15, 0.2) is 0 Å². The van der Waals surface area contributed by atoms with Crippen LogP contribution in [0.2, 0.25) is 0 Å². The van der Waals surface area contributed by atoms with Gasteiger partial charge in [0, 0.05) is 35.9 Å². The summed E-state index contributed by atoms with van der Waals surface area (Å²) in [7, 11) is 2.08. The van der Waals surface area contributed by atoms with Crippen LogP contribution in [0.15, 0.2) is 95.9 Å². The lowest BCUT2D eigenvalue weighted by molar-refractivity contribution is 0.324. The molecule has 3 heteroatoms. The molecule has 2 aromatic rings. The lowest BCUT2D eigenvalue weighted by Crippen LogP contribution is -2.39. The predicted molar refractivity (Wildman–Crippen MR) is 147 cm³/mol. The van der Waals surface area contributed by atoms with Crippen LogP contribution in [0.1, 0.15) is 50.8 Å². The van der Waals surface area contributed by atoms with Crippen LogP contribution >= 0.6 is 0 Å². The van der Waals surface area contributed by atoms with Gasteiger partial charge in [-0.1, -0.05) is 68.6 Å². The van der Waals surface area contributed by atoms with Gasteiger partial charge < -0.3 is 9.80 Å². The molecule has 0 aliphatic carbocycles. The van der Waals surface area contributed by atoms with Crippen LogP contribution in [-0.2, 0) is 0 Å². The Morgan fingerprint density at radius 3 is 2.03 bits per heavy atom.